The summed E-state index contributed by atoms with van der Waals surface area (Å²) in [6, 6.07) is 6.91. The fourth-order valence-corrected chi connectivity index (χ4v) is 3.07. The van der Waals surface area contributed by atoms with Crippen LogP contribution in [0, 0.1) is 5.92 Å². The van der Waals surface area contributed by atoms with Crippen LogP contribution in [0.2, 0.25) is 0 Å². The first kappa shape index (κ1) is 16.1. The van der Waals surface area contributed by atoms with Crippen LogP contribution in [0.4, 0.5) is 0 Å². The Morgan fingerprint density at radius 1 is 1.21 bits per heavy atom. The number of hydrogen-bond donors (Lipinski definition) is 2. The van der Waals surface area contributed by atoms with E-state index < -0.39 is 16.1 Å². The molecule has 0 aliphatic rings. The number of aryl methyl sites for hydroxylation is 1. The molecule has 2 unspecified atom stereocenters. The maximum Gasteiger partial charge on any atom is 0.240 e. The largest absolute Gasteiger partial charge is 0.393 e. The van der Waals surface area contributed by atoms with E-state index in [0.29, 0.717) is 13.0 Å². The smallest absolute Gasteiger partial charge is 0.240 e. The van der Waals surface area contributed by atoms with Crippen molar-refractivity contribution in [3.8, 4) is 0 Å². The summed E-state index contributed by atoms with van der Waals surface area (Å²) < 4.78 is 26.7. The first-order chi connectivity index (χ1) is 8.85. The molecule has 0 saturated carbocycles. The van der Waals surface area contributed by atoms with E-state index in [0.717, 1.165) is 12.0 Å². The van der Waals surface area contributed by atoms with E-state index in [9.17, 15) is 13.5 Å². The highest BCUT2D eigenvalue weighted by Gasteiger charge is 2.15. The summed E-state index contributed by atoms with van der Waals surface area (Å²) in [5.41, 5.74) is 1.11. The van der Waals surface area contributed by atoms with Gasteiger partial charge in [-0.3, -0.25) is 0 Å². The topological polar surface area (TPSA) is 66.4 Å². The van der Waals surface area contributed by atoms with Crippen LogP contribution in [0.25, 0.3) is 0 Å². The van der Waals surface area contributed by atoms with E-state index in [-0.39, 0.29) is 10.8 Å². The molecule has 0 fully saturated rings. The van der Waals surface area contributed by atoms with E-state index >= 15 is 0 Å². The maximum absolute atomic E-state index is 12.0. The first-order valence-corrected chi connectivity index (χ1v) is 8.10. The standard InChI is InChI=1S/C14H23NO3S/c1-4-13-5-7-14(8-6-13)19(17,18)15-10-11(2)9-12(3)16/h5-8,11-12,15-16H,4,9-10H2,1-3H3. The van der Waals surface area contributed by atoms with E-state index in [1.54, 1.807) is 19.1 Å². The molecule has 0 saturated heterocycles. The molecule has 1 aromatic carbocycles. The van der Waals surface area contributed by atoms with Crippen molar-refractivity contribution in [2.24, 2.45) is 5.92 Å². The quantitative estimate of drug-likeness (QED) is 0.804. The molecule has 0 radical (unpaired) electrons. The molecule has 0 spiro atoms. The van der Waals surface area contributed by atoms with Crippen molar-refractivity contribution in [1.29, 1.82) is 0 Å². The Hall–Kier alpha value is -0.910. The molecule has 2 atom stereocenters. The lowest BCUT2D eigenvalue weighted by atomic mass is 10.1. The van der Waals surface area contributed by atoms with Gasteiger partial charge in [-0.2, -0.15) is 0 Å². The summed E-state index contributed by atoms with van der Waals surface area (Å²) in [5, 5.41) is 9.25. The summed E-state index contributed by atoms with van der Waals surface area (Å²) in [6.07, 6.45) is 1.06. The molecular weight excluding hydrogens is 262 g/mol. The Bertz CT molecular complexity index is 480. The molecule has 1 aromatic rings. The van der Waals surface area contributed by atoms with E-state index in [2.05, 4.69) is 4.72 Å². The van der Waals surface area contributed by atoms with Gasteiger partial charge in [0.1, 0.15) is 0 Å². The number of nitrogens with one attached hydrogen (secondary N) is 1. The monoisotopic (exact) mass is 285 g/mol. The molecule has 0 bridgehead atoms. The lowest BCUT2D eigenvalue weighted by Gasteiger charge is -2.14. The van der Waals surface area contributed by atoms with Crippen LogP contribution in [0.1, 0.15) is 32.8 Å². The zero-order valence-electron chi connectivity index (χ0n) is 11.8. The minimum Gasteiger partial charge on any atom is -0.393 e. The molecule has 0 aliphatic carbocycles. The SMILES string of the molecule is CCc1ccc(S(=O)(=O)NCC(C)CC(C)O)cc1. The Kier molecular flexibility index (Phi) is 5.97. The van der Waals surface area contributed by atoms with Crippen molar-refractivity contribution in [2.75, 3.05) is 6.54 Å². The van der Waals surface area contributed by atoms with Crippen LogP contribution in [-0.4, -0.2) is 26.2 Å². The molecule has 0 amide bonds. The van der Waals surface area contributed by atoms with Crippen molar-refractivity contribution in [1.82, 2.24) is 4.72 Å². The predicted octanol–water partition coefficient (Wildman–Crippen LogP) is 1.93. The van der Waals surface area contributed by atoms with Gasteiger partial charge in [0.15, 0.2) is 0 Å². The molecule has 5 heteroatoms. The molecule has 108 valence electrons. The van der Waals surface area contributed by atoms with Crippen molar-refractivity contribution in [2.45, 2.75) is 44.6 Å². The summed E-state index contributed by atoms with van der Waals surface area (Å²) >= 11 is 0. The molecular formula is C14H23NO3S. The Morgan fingerprint density at radius 2 is 1.79 bits per heavy atom. The fourth-order valence-electron chi connectivity index (χ4n) is 1.91. The van der Waals surface area contributed by atoms with Gasteiger partial charge in [-0.05, 0) is 43.4 Å². The van der Waals surface area contributed by atoms with Gasteiger partial charge in [0.05, 0.1) is 11.0 Å². The molecule has 0 aliphatic heterocycles. The lowest BCUT2D eigenvalue weighted by molar-refractivity contribution is 0.165. The summed E-state index contributed by atoms with van der Waals surface area (Å²) in [5.74, 6) is 0.102. The van der Waals surface area contributed by atoms with E-state index in [4.69, 9.17) is 0 Å². The number of aliphatic hydroxyl groups excluding tert-OH is 1. The Balaban J connectivity index is 2.65. The van der Waals surface area contributed by atoms with Crippen LogP contribution in [-0.2, 0) is 16.4 Å². The van der Waals surface area contributed by atoms with E-state index in [1.165, 1.54) is 0 Å². The molecule has 4 nitrogen and oxygen atoms in total. The van der Waals surface area contributed by atoms with Crippen molar-refractivity contribution >= 4 is 10.0 Å². The maximum atomic E-state index is 12.0. The minimum atomic E-state index is -3.45. The second-order valence-corrected chi connectivity index (χ2v) is 6.81. The zero-order chi connectivity index (χ0) is 14.5. The highest BCUT2D eigenvalue weighted by atomic mass is 32.2. The number of rotatable bonds is 7. The fraction of sp³-hybridized carbons (Fsp3) is 0.571. The highest BCUT2D eigenvalue weighted by molar-refractivity contribution is 7.89. The third-order valence-corrected chi connectivity index (χ3v) is 4.45. The van der Waals surface area contributed by atoms with Crippen LogP contribution >= 0.6 is 0 Å². The van der Waals surface area contributed by atoms with Gasteiger partial charge in [-0.1, -0.05) is 26.0 Å². The number of hydrogen-bond acceptors (Lipinski definition) is 3. The van der Waals surface area contributed by atoms with Gasteiger partial charge in [-0.15, -0.1) is 0 Å². The number of aliphatic hydroxyl groups is 1. The average Bonchev–Trinajstić information content (AvgIpc) is 2.36. The van der Waals surface area contributed by atoms with Crippen molar-refractivity contribution in [3.05, 3.63) is 29.8 Å². The predicted molar refractivity (Wildman–Crippen MR) is 76.5 cm³/mol. The third-order valence-electron chi connectivity index (χ3n) is 3.01. The molecule has 2 N–H and O–H groups in total. The molecule has 19 heavy (non-hydrogen) atoms. The normalized spacial score (nSPS) is 15.2. The third kappa shape index (κ3) is 5.30. The van der Waals surface area contributed by atoms with Gasteiger partial charge >= 0.3 is 0 Å². The van der Waals surface area contributed by atoms with Crippen LogP contribution in [0.5, 0.6) is 0 Å². The van der Waals surface area contributed by atoms with Crippen molar-refractivity contribution < 1.29 is 13.5 Å². The van der Waals surface area contributed by atoms with E-state index in [1.807, 2.05) is 26.0 Å². The highest BCUT2D eigenvalue weighted by Crippen LogP contribution is 2.12. The lowest BCUT2D eigenvalue weighted by Crippen LogP contribution is -2.29. The van der Waals surface area contributed by atoms with Gasteiger partial charge < -0.3 is 5.11 Å². The van der Waals surface area contributed by atoms with Gasteiger partial charge in [0, 0.05) is 6.54 Å². The second kappa shape index (κ2) is 7.03. The Morgan fingerprint density at radius 3 is 2.26 bits per heavy atom. The van der Waals surface area contributed by atoms with Crippen LogP contribution in [0.15, 0.2) is 29.2 Å². The molecule has 0 heterocycles. The Labute approximate surface area is 115 Å². The first-order valence-electron chi connectivity index (χ1n) is 6.61. The number of sulfonamides is 1. The summed E-state index contributed by atoms with van der Waals surface area (Å²) in [4.78, 5) is 0.286. The van der Waals surface area contributed by atoms with Gasteiger partial charge in [-0.25, -0.2) is 13.1 Å². The number of benzene rings is 1. The molecule has 1 rings (SSSR count). The van der Waals surface area contributed by atoms with Gasteiger partial charge in [0.25, 0.3) is 0 Å². The average molecular weight is 285 g/mol. The van der Waals surface area contributed by atoms with Gasteiger partial charge in [0.2, 0.25) is 10.0 Å². The summed E-state index contributed by atoms with van der Waals surface area (Å²) in [6.45, 7) is 5.98. The van der Waals surface area contributed by atoms with Crippen LogP contribution in [0.3, 0.4) is 0 Å². The zero-order valence-corrected chi connectivity index (χ0v) is 12.6. The summed E-state index contributed by atoms with van der Waals surface area (Å²) in [7, 11) is -3.45. The van der Waals surface area contributed by atoms with Crippen LogP contribution < -0.4 is 4.72 Å². The second-order valence-electron chi connectivity index (χ2n) is 5.04. The van der Waals surface area contributed by atoms with Crippen molar-refractivity contribution in [3.63, 3.8) is 0 Å². The minimum absolute atomic E-state index is 0.102. The molecule has 0 aromatic heterocycles.